The molecule has 0 unspecified atom stereocenters. The quantitative estimate of drug-likeness (QED) is 0.734. The number of ether oxygens (including phenoxy) is 1. The molecule has 1 aromatic carbocycles. The number of benzene rings is 1. The Morgan fingerprint density at radius 2 is 2.29 bits per heavy atom. The third-order valence-electron chi connectivity index (χ3n) is 2.66. The van der Waals surface area contributed by atoms with Gasteiger partial charge in [-0.3, -0.25) is 4.79 Å². The van der Waals surface area contributed by atoms with Gasteiger partial charge in [-0.15, -0.1) is 0 Å². The lowest BCUT2D eigenvalue weighted by molar-refractivity contribution is -0.141. The monoisotopic (exact) mass is 236 g/mol. The molecule has 0 saturated carbocycles. The van der Waals surface area contributed by atoms with Crippen molar-refractivity contribution in [2.75, 3.05) is 25.4 Å². The molecule has 1 fully saturated rings. The summed E-state index contributed by atoms with van der Waals surface area (Å²) in [6.45, 7) is 1.21. The van der Waals surface area contributed by atoms with Crippen LogP contribution in [0.3, 0.4) is 0 Å². The van der Waals surface area contributed by atoms with Crippen LogP contribution in [0.5, 0.6) is 5.75 Å². The lowest BCUT2D eigenvalue weighted by Gasteiger charge is -2.35. The first-order chi connectivity index (χ1) is 8.15. The van der Waals surface area contributed by atoms with E-state index in [1.165, 1.54) is 0 Å². The van der Waals surface area contributed by atoms with Crippen LogP contribution in [0.15, 0.2) is 24.3 Å². The highest BCUT2D eigenvalue weighted by atomic mass is 16.5. The van der Waals surface area contributed by atoms with Crippen molar-refractivity contribution in [3.8, 4) is 5.75 Å². The van der Waals surface area contributed by atoms with Crippen LogP contribution in [-0.2, 0) is 4.79 Å². The summed E-state index contributed by atoms with van der Waals surface area (Å²) in [5.74, 6) is 0.681. The number of rotatable bonds is 4. The minimum atomic E-state index is -0.353. The Labute approximate surface area is 99.8 Å². The molecule has 0 radical (unpaired) electrons. The molecule has 2 rings (SSSR count). The van der Waals surface area contributed by atoms with Gasteiger partial charge in [0.05, 0.1) is 19.1 Å². The van der Waals surface area contributed by atoms with E-state index in [0.29, 0.717) is 37.6 Å². The molecule has 0 aliphatic carbocycles. The summed E-state index contributed by atoms with van der Waals surface area (Å²) in [6.07, 6.45) is -0.0320. The molecule has 0 aromatic heterocycles. The Morgan fingerprint density at radius 1 is 1.53 bits per heavy atom. The number of hydrogen-bond donors (Lipinski definition) is 2. The van der Waals surface area contributed by atoms with Gasteiger partial charge in [0.25, 0.3) is 0 Å². The summed E-state index contributed by atoms with van der Waals surface area (Å²) in [5, 5.41) is 9.06. The van der Waals surface area contributed by atoms with E-state index in [1.807, 2.05) is 0 Å². The zero-order valence-electron chi connectivity index (χ0n) is 9.50. The first-order valence-corrected chi connectivity index (χ1v) is 5.59. The van der Waals surface area contributed by atoms with Gasteiger partial charge >= 0.3 is 0 Å². The van der Waals surface area contributed by atoms with E-state index in [2.05, 4.69) is 0 Å². The van der Waals surface area contributed by atoms with Gasteiger partial charge in [0.1, 0.15) is 5.75 Å². The molecular formula is C12H16N2O3. The van der Waals surface area contributed by atoms with E-state index < -0.39 is 0 Å². The number of anilines is 1. The van der Waals surface area contributed by atoms with Gasteiger partial charge in [-0.2, -0.15) is 0 Å². The van der Waals surface area contributed by atoms with Gasteiger partial charge in [0, 0.05) is 24.8 Å². The molecule has 92 valence electrons. The van der Waals surface area contributed by atoms with Crippen LogP contribution in [0, 0.1) is 0 Å². The van der Waals surface area contributed by atoms with Crippen molar-refractivity contribution in [2.24, 2.45) is 0 Å². The van der Waals surface area contributed by atoms with Gasteiger partial charge in [-0.25, -0.2) is 0 Å². The molecule has 5 nitrogen and oxygen atoms in total. The number of β-amino-alcohol motifs (C(OH)–C–C–N with tert-alkyl or cyclic N) is 1. The van der Waals surface area contributed by atoms with Crippen molar-refractivity contribution in [1.29, 1.82) is 0 Å². The normalized spacial score (nSPS) is 15.5. The number of carbonyl (C=O) groups is 1. The molecule has 1 aromatic rings. The van der Waals surface area contributed by atoms with Crippen LogP contribution in [0.1, 0.15) is 6.42 Å². The van der Waals surface area contributed by atoms with Crippen LogP contribution in [0.25, 0.3) is 0 Å². The fraction of sp³-hybridized carbons (Fsp3) is 0.417. The van der Waals surface area contributed by atoms with Crippen molar-refractivity contribution < 1.29 is 14.6 Å². The highest BCUT2D eigenvalue weighted by Crippen LogP contribution is 2.15. The molecular weight excluding hydrogens is 220 g/mol. The van der Waals surface area contributed by atoms with Crippen molar-refractivity contribution in [2.45, 2.75) is 12.5 Å². The van der Waals surface area contributed by atoms with E-state index in [9.17, 15) is 4.79 Å². The van der Waals surface area contributed by atoms with Crippen molar-refractivity contribution >= 4 is 11.6 Å². The molecule has 5 heteroatoms. The van der Waals surface area contributed by atoms with Gasteiger partial charge in [0.2, 0.25) is 5.91 Å². The fourth-order valence-electron chi connectivity index (χ4n) is 1.68. The number of nitrogens with zero attached hydrogens (tertiary/aromatic N) is 1. The number of likely N-dealkylation sites (tertiary alicyclic amines) is 1. The largest absolute Gasteiger partial charge is 0.493 e. The molecule has 17 heavy (non-hydrogen) atoms. The fourth-order valence-corrected chi connectivity index (χ4v) is 1.68. The maximum absolute atomic E-state index is 11.5. The van der Waals surface area contributed by atoms with E-state index in [4.69, 9.17) is 15.6 Å². The van der Waals surface area contributed by atoms with Crippen LogP contribution < -0.4 is 10.5 Å². The predicted molar refractivity (Wildman–Crippen MR) is 63.6 cm³/mol. The first-order valence-electron chi connectivity index (χ1n) is 5.59. The van der Waals surface area contributed by atoms with Crippen molar-refractivity contribution in [3.05, 3.63) is 24.3 Å². The maximum atomic E-state index is 11.5. The van der Waals surface area contributed by atoms with E-state index in [0.717, 1.165) is 0 Å². The summed E-state index contributed by atoms with van der Waals surface area (Å²) in [5.41, 5.74) is 6.24. The van der Waals surface area contributed by atoms with Crippen LogP contribution in [-0.4, -0.2) is 41.7 Å². The number of amides is 1. The molecule has 0 atom stereocenters. The van der Waals surface area contributed by atoms with Crippen molar-refractivity contribution in [1.82, 2.24) is 4.90 Å². The van der Waals surface area contributed by atoms with Gasteiger partial charge in [-0.05, 0) is 12.1 Å². The Hall–Kier alpha value is -1.75. The first kappa shape index (κ1) is 11.7. The molecule has 3 N–H and O–H groups in total. The van der Waals surface area contributed by atoms with Crippen molar-refractivity contribution in [3.63, 3.8) is 0 Å². The topological polar surface area (TPSA) is 75.8 Å². The lowest BCUT2D eigenvalue weighted by Crippen LogP contribution is -2.53. The lowest BCUT2D eigenvalue weighted by atomic mass is 10.1. The Morgan fingerprint density at radius 3 is 2.94 bits per heavy atom. The minimum absolute atomic E-state index is 0.0132. The predicted octanol–water partition coefficient (Wildman–Crippen LogP) is 0.241. The van der Waals surface area contributed by atoms with Crippen LogP contribution in [0.2, 0.25) is 0 Å². The summed E-state index contributed by atoms with van der Waals surface area (Å²) in [4.78, 5) is 13.2. The average molecular weight is 236 g/mol. The minimum Gasteiger partial charge on any atom is -0.493 e. The second-order valence-electron chi connectivity index (χ2n) is 4.12. The zero-order valence-corrected chi connectivity index (χ0v) is 9.50. The smallest absolute Gasteiger partial charge is 0.226 e. The van der Waals surface area contributed by atoms with Gasteiger partial charge in [0.15, 0.2) is 0 Å². The number of aliphatic hydroxyl groups excluding tert-OH is 1. The number of nitrogens with two attached hydrogens (primary N) is 1. The number of nitrogen functional groups attached to an aromatic ring is 1. The molecule has 1 aliphatic heterocycles. The molecule has 0 bridgehead atoms. The second-order valence-corrected chi connectivity index (χ2v) is 4.12. The highest BCUT2D eigenvalue weighted by Gasteiger charge is 2.28. The Balaban J connectivity index is 1.71. The van der Waals surface area contributed by atoms with Gasteiger partial charge < -0.3 is 20.5 Å². The summed E-state index contributed by atoms with van der Waals surface area (Å²) in [7, 11) is 0. The van der Waals surface area contributed by atoms with E-state index in [-0.39, 0.29) is 12.0 Å². The third-order valence-corrected chi connectivity index (χ3v) is 2.66. The average Bonchev–Trinajstić information content (AvgIpc) is 2.25. The maximum Gasteiger partial charge on any atom is 0.226 e. The van der Waals surface area contributed by atoms with Crippen LogP contribution in [0.4, 0.5) is 5.69 Å². The number of carbonyl (C=O) groups excluding carboxylic acids is 1. The highest BCUT2D eigenvalue weighted by molar-refractivity contribution is 5.77. The molecule has 1 saturated heterocycles. The number of aliphatic hydroxyl groups is 1. The van der Waals surface area contributed by atoms with E-state index >= 15 is 0 Å². The molecule has 1 aliphatic rings. The molecule has 1 heterocycles. The standard InChI is InChI=1S/C12H16N2O3/c13-9-2-1-3-11(6-9)17-5-4-12(16)14-7-10(15)8-14/h1-3,6,10,15H,4-5,7-8,13H2. The summed E-state index contributed by atoms with van der Waals surface area (Å²) < 4.78 is 5.41. The summed E-state index contributed by atoms with van der Waals surface area (Å²) in [6, 6.07) is 7.10. The zero-order chi connectivity index (χ0) is 12.3. The second kappa shape index (κ2) is 5.05. The molecule has 0 spiro atoms. The summed E-state index contributed by atoms with van der Waals surface area (Å²) >= 11 is 0. The third kappa shape index (κ3) is 3.10. The van der Waals surface area contributed by atoms with Crippen LogP contribution >= 0.6 is 0 Å². The molecule has 1 amide bonds. The van der Waals surface area contributed by atoms with Gasteiger partial charge in [-0.1, -0.05) is 6.07 Å². The Bertz CT molecular complexity index is 402. The number of hydrogen-bond acceptors (Lipinski definition) is 4. The SMILES string of the molecule is Nc1cccc(OCCC(=O)N2CC(O)C2)c1. The van der Waals surface area contributed by atoms with E-state index in [1.54, 1.807) is 29.2 Å². The Kier molecular flexibility index (Phi) is 3.49.